The van der Waals surface area contributed by atoms with Crippen molar-refractivity contribution in [3.05, 3.63) is 0 Å². The summed E-state index contributed by atoms with van der Waals surface area (Å²) < 4.78 is 10.6. The molecule has 5 heteroatoms. The third-order valence-corrected chi connectivity index (χ3v) is 3.36. The lowest BCUT2D eigenvalue weighted by Crippen LogP contribution is -2.05. The highest BCUT2D eigenvalue weighted by Crippen LogP contribution is 2.38. The zero-order chi connectivity index (χ0) is 11.9. The monoisotopic (exact) mass is 236 g/mol. The van der Waals surface area contributed by atoms with Gasteiger partial charge in [-0.3, -0.25) is 9.36 Å². The number of carbonyl (C=O) groups is 1. The molecule has 0 heterocycles. The Labute approximate surface area is 91.2 Å². The second-order valence-electron chi connectivity index (χ2n) is 3.92. The minimum Gasteiger partial charge on any atom is -0.319 e. The van der Waals surface area contributed by atoms with E-state index in [1.807, 2.05) is 0 Å². The second kappa shape index (κ2) is 7.15. The normalized spacial score (nSPS) is 12.1. The van der Waals surface area contributed by atoms with Gasteiger partial charge in [0, 0.05) is 6.42 Å². The molecule has 0 rings (SSSR count). The maximum absolute atomic E-state index is 11.0. The molecule has 0 aliphatic heterocycles. The number of hydrogen-bond donors (Lipinski definition) is 2. The molecule has 0 aromatic heterocycles. The summed E-state index contributed by atoms with van der Waals surface area (Å²) in [4.78, 5) is 28.3. The molecular formula is C10H21O4P. The minimum absolute atomic E-state index is 0.00887. The maximum Gasteiger partial charge on any atom is 0.391 e. The number of carbonyl (C=O) groups excluding carboxylic acids is 1. The molecule has 0 fully saturated rings. The van der Waals surface area contributed by atoms with Crippen molar-refractivity contribution in [2.24, 2.45) is 5.92 Å². The number of rotatable bonds is 8. The molecule has 90 valence electrons. The van der Waals surface area contributed by atoms with Crippen LogP contribution in [0.2, 0.25) is 0 Å². The fourth-order valence-corrected chi connectivity index (χ4v) is 2.14. The first-order valence-electron chi connectivity index (χ1n) is 5.50. The Morgan fingerprint density at radius 3 is 1.93 bits per heavy atom. The van der Waals surface area contributed by atoms with Crippen LogP contribution in [0.4, 0.5) is 0 Å². The summed E-state index contributed by atoms with van der Waals surface area (Å²) in [6.45, 7) is 4.15. The van der Waals surface area contributed by atoms with Crippen molar-refractivity contribution >= 4 is 13.1 Å². The molecule has 0 aliphatic carbocycles. The Morgan fingerprint density at radius 2 is 1.60 bits per heavy atom. The highest BCUT2D eigenvalue weighted by Gasteiger charge is 2.25. The van der Waals surface area contributed by atoms with E-state index in [0.29, 0.717) is 12.3 Å². The molecule has 0 saturated heterocycles. The van der Waals surface area contributed by atoms with Gasteiger partial charge in [-0.05, 0) is 12.3 Å². The Morgan fingerprint density at radius 1 is 1.13 bits per heavy atom. The van der Waals surface area contributed by atoms with Crippen LogP contribution in [-0.4, -0.2) is 15.3 Å². The lowest BCUT2D eigenvalue weighted by atomic mass is 9.94. The predicted octanol–water partition coefficient (Wildman–Crippen LogP) is 2.69. The van der Waals surface area contributed by atoms with Gasteiger partial charge >= 0.3 is 7.60 Å². The van der Waals surface area contributed by atoms with Gasteiger partial charge in [0.05, 0.1) is 0 Å². The molecule has 0 unspecified atom stereocenters. The van der Waals surface area contributed by atoms with E-state index >= 15 is 0 Å². The Balaban J connectivity index is 3.99. The summed E-state index contributed by atoms with van der Waals surface area (Å²) in [7, 11) is -4.49. The maximum atomic E-state index is 11.0. The van der Waals surface area contributed by atoms with Crippen LogP contribution in [0.25, 0.3) is 0 Å². The highest BCUT2D eigenvalue weighted by atomic mass is 31.2. The lowest BCUT2D eigenvalue weighted by molar-refractivity contribution is -0.113. The van der Waals surface area contributed by atoms with E-state index in [4.69, 9.17) is 9.79 Å². The van der Waals surface area contributed by atoms with Crippen LogP contribution in [0.15, 0.2) is 0 Å². The Bertz CT molecular complexity index is 228. The van der Waals surface area contributed by atoms with Crippen LogP contribution in [0.3, 0.4) is 0 Å². The van der Waals surface area contributed by atoms with Gasteiger partial charge in [-0.1, -0.05) is 39.5 Å². The van der Waals surface area contributed by atoms with Crippen LogP contribution >= 0.6 is 7.60 Å². The lowest BCUT2D eigenvalue weighted by Gasteiger charge is -2.14. The van der Waals surface area contributed by atoms with Gasteiger partial charge in [-0.2, -0.15) is 0 Å². The summed E-state index contributed by atoms with van der Waals surface area (Å²) >= 11 is 0. The first-order chi connectivity index (χ1) is 6.91. The fourth-order valence-electron chi connectivity index (χ4n) is 1.72. The molecule has 0 bridgehead atoms. The first kappa shape index (κ1) is 14.8. The van der Waals surface area contributed by atoms with Crippen molar-refractivity contribution < 1.29 is 19.1 Å². The third kappa shape index (κ3) is 6.82. The smallest absolute Gasteiger partial charge is 0.319 e. The summed E-state index contributed by atoms with van der Waals surface area (Å²) in [5, 5.41) is 0. The van der Waals surface area contributed by atoms with Crippen molar-refractivity contribution in [1.82, 2.24) is 0 Å². The molecule has 0 aromatic carbocycles. The zero-order valence-electron chi connectivity index (χ0n) is 9.48. The van der Waals surface area contributed by atoms with Gasteiger partial charge in [0.1, 0.15) is 0 Å². The summed E-state index contributed by atoms with van der Waals surface area (Å²) in [5.74, 6) is 0.426. The molecular weight excluding hydrogens is 215 g/mol. The molecule has 0 saturated carbocycles. The molecule has 4 nitrogen and oxygen atoms in total. The van der Waals surface area contributed by atoms with E-state index in [9.17, 15) is 9.36 Å². The van der Waals surface area contributed by atoms with E-state index in [0.717, 1.165) is 25.7 Å². The standard InChI is InChI=1S/C10H21O4P/c1-3-5-9(6-4-2)7-8-10(11)15(12,13)14/h9H,3-8H2,1-2H3,(H2,12,13,14). The van der Waals surface area contributed by atoms with Crippen LogP contribution in [0, 0.1) is 5.92 Å². The molecule has 15 heavy (non-hydrogen) atoms. The van der Waals surface area contributed by atoms with Crippen molar-refractivity contribution in [2.45, 2.75) is 52.4 Å². The molecule has 0 amide bonds. The van der Waals surface area contributed by atoms with Gasteiger partial charge in [0.15, 0.2) is 0 Å². The van der Waals surface area contributed by atoms with Gasteiger partial charge in [0.2, 0.25) is 5.52 Å². The van der Waals surface area contributed by atoms with E-state index < -0.39 is 13.1 Å². The van der Waals surface area contributed by atoms with Gasteiger partial charge in [-0.15, -0.1) is 0 Å². The average Bonchev–Trinajstić information content (AvgIpc) is 2.12. The van der Waals surface area contributed by atoms with E-state index in [-0.39, 0.29) is 6.42 Å². The van der Waals surface area contributed by atoms with Gasteiger partial charge in [0.25, 0.3) is 0 Å². The Kier molecular flexibility index (Phi) is 7.07. The van der Waals surface area contributed by atoms with Crippen molar-refractivity contribution in [2.75, 3.05) is 0 Å². The first-order valence-corrected chi connectivity index (χ1v) is 7.12. The molecule has 0 atom stereocenters. The Hall–Kier alpha value is -0.180. The van der Waals surface area contributed by atoms with Gasteiger partial charge < -0.3 is 9.79 Å². The SMILES string of the molecule is CCCC(CCC)CCC(=O)P(=O)(O)O. The minimum atomic E-state index is -4.49. The third-order valence-electron chi connectivity index (χ3n) is 2.49. The fraction of sp³-hybridized carbons (Fsp3) is 0.900. The average molecular weight is 236 g/mol. The number of hydrogen-bond acceptors (Lipinski definition) is 2. The van der Waals surface area contributed by atoms with Crippen molar-refractivity contribution in [3.63, 3.8) is 0 Å². The molecule has 0 aliphatic rings. The van der Waals surface area contributed by atoms with Crippen LogP contribution in [-0.2, 0) is 9.36 Å². The van der Waals surface area contributed by atoms with Gasteiger partial charge in [-0.25, -0.2) is 0 Å². The second-order valence-corrected chi connectivity index (χ2v) is 5.51. The van der Waals surface area contributed by atoms with Crippen LogP contribution < -0.4 is 0 Å². The molecule has 2 N–H and O–H groups in total. The van der Waals surface area contributed by atoms with E-state index in [1.54, 1.807) is 0 Å². The predicted molar refractivity (Wildman–Crippen MR) is 59.6 cm³/mol. The van der Waals surface area contributed by atoms with Crippen molar-refractivity contribution in [3.8, 4) is 0 Å². The van der Waals surface area contributed by atoms with E-state index in [1.165, 1.54) is 0 Å². The van der Waals surface area contributed by atoms with Crippen LogP contribution in [0.5, 0.6) is 0 Å². The van der Waals surface area contributed by atoms with Crippen molar-refractivity contribution in [1.29, 1.82) is 0 Å². The largest absolute Gasteiger partial charge is 0.391 e. The highest BCUT2D eigenvalue weighted by molar-refractivity contribution is 7.70. The van der Waals surface area contributed by atoms with E-state index in [2.05, 4.69) is 13.8 Å². The molecule has 0 radical (unpaired) electrons. The molecule has 0 spiro atoms. The van der Waals surface area contributed by atoms with Crippen LogP contribution in [0.1, 0.15) is 52.4 Å². The molecule has 0 aromatic rings. The summed E-state index contributed by atoms with van der Waals surface area (Å²) in [5.41, 5.74) is -0.917. The topological polar surface area (TPSA) is 74.6 Å². The zero-order valence-corrected chi connectivity index (χ0v) is 10.4. The summed E-state index contributed by atoms with van der Waals surface area (Å²) in [6, 6.07) is 0. The quantitative estimate of drug-likeness (QED) is 0.635. The summed E-state index contributed by atoms with van der Waals surface area (Å²) in [6.07, 6.45) is 4.77.